The van der Waals surface area contributed by atoms with E-state index in [9.17, 15) is 5.11 Å². The predicted octanol–water partition coefficient (Wildman–Crippen LogP) is 18.3. The molecule has 0 fully saturated rings. The van der Waals surface area contributed by atoms with E-state index in [0.717, 1.165) is 94.4 Å². The summed E-state index contributed by atoms with van der Waals surface area (Å²) in [4.78, 5) is 10.7. The number of hydrogen-bond acceptors (Lipinski definition) is 4. The van der Waals surface area contributed by atoms with Crippen molar-refractivity contribution in [1.82, 2.24) is 14.5 Å². The van der Waals surface area contributed by atoms with E-state index < -0.39 is 0 Å². The third kappa shape index (κ3) is 9.26. The van der Waals surface area contributed by atoms with Gasteiger partial charge in [-0.05, 0) is 116 Å². The van der Waals surface area contributed by atoms with E-state index in [2.05, 4.69) is 222 Å². The molecule has 10 aromatic rings. The Morgan fingerprint density at radius 3 is 1.83 bits per heavy atom. The molecule has 0 saturated carbocycles. The monoisotopic (exact) mass is 1130 g/mol. The number of imidazole rings is 1. The first-order valence-corrected chi connectivity index (χ1v) is 25.3. The maximum absolute atomic E-state index is 12.8. The summed E-state index contributed by atoms with van der Waals surface area (Å²) in [5.41, 5.74) is 18.4. The van der Waals surface area contributed by atoms with Gasteiger partial charge in [0.25, 0.3) is 0 Å². The van der Waals surface area contributed by atoms with Gasteiger partial charge in [-0.25, -0.2) is 4.98 Å². The number of aromatic hydroxyl groups is 1. The van der Waals surface area contributed by atoms with Gasteiger partial charge in [0.15, 0.2) is 0 Å². The molecule has 72 heavy (non-hydrogen) atoms. The Hall–Kier alpha value is -6.55. The van der Waals surface area contributed by atoms with Gasteiger partial charge in [0.1, 0.15) is 22.7 Å². The van der Waals surface area contributed by atoms with E-state index in [4.69, 9.17) is 14.4 Å². The molecule has 0 spiro atoms. The van der Waals surface area contributed by atoms with Crippen LogP contribution in [0.5, 0.6) is 5.75 Å². The van der Waals surface area contributed by atoms with Crippen molar-refractivity contribution in [2.45, 2.75) is 118 Å². The number of pyridine rings is 1. The molecule has 0 aliphatic rings. The van der Waals surface area contributed by atoms with Crippen molar-refractivity contribution in [1.29, 1.82) is 0 Å². The van der Waals surface area contributed by atoms with Gasteiger partial charge in [-0.1, -0.05) is 180 Å². The normalized spacial score (nSPS) is 12.4. The second kappa shape index (κ2) is 18.8. The Bertz CT molecular complexity index is 3640. The third-order valence-electron chi connectivity index (χ3n) is 14.2. The summed E-state index contributed by atoms with van der Waals surface area (Å²) in [7, 11) is 0. The molecule has 0 amide bonds. The Balaban J connectivity index is 0.00000640. The number of aromatic nitrogens is 3. The largest absolute Gasteiger partial charge is 0.507 e. The van der Waals surface area contributed by atoms with Crippen LogP contribution in [0, 0.1) is 6.07 Å². The third-order valence-corrected chi connectivity index (χ3v) is 14.2. The van der Waals surface area contributed by atoms with E-state index in [0.29, 0.717) is 11.4 Å². The zero-order valence-electron chi connectivity index (χ0n) is 44.0. The molecule has 0 saturated heterocycles. The number of nitrogens with zero attached hydrogens (tertiary/aromatic N) is 3. The number of furan rings is 1. The molecule has 0 aliphatic carbocycles. The van der Waals surface area contributed by atoms with Crippen LogP contribution >= 0.6 is 0 Å². The second-order valence-electron chi connectivity index (χ2n) is 23.2. The minimum Gasteiger partial charge on any atom is -0.507 e. The first-order valence-electron chi connectivity index (χ1n) is 25.3. The fourth-order valence-electron chi connectivity index (χ4n) is 10.1. The average molecular weight is 1130 g/mol. The minimum absolute atomic E-state index is 0. The molecule has 10 rings (SSSR count). The standard InChI is InChI=1S/C66H66N3O2.Pt/c1-39(2)52-33-44(42-26-27-51-50-22-17-18-25-58(50)71-59(51)36-42)34-53(40(3)4)61(52)69-57-24-19-23-49(60(57)68-63(69)54-37-48(65(8,9)10)38-55(62(54)70)66(11,12)13)45-30-46(32-47(31-45)64(5,6)7)56-35-43(28-29-67-56)41-20-15-14-16-21-41;/h14-29,31-40,70H,1-13H3;/q-1;. The summed E-state index contributed by atoms with van der Waals surface area (Å²) in [6.45, 7) is 29.2. The maximum atomic E-state index is 12.8. The quantitative estimate of drug-likeness (QED) is 0.154. The molecule has 0 aliphatic heterocycles. The fourth-order valence-corrected chi connectivity index (χ4v) is 10.1. The molecule has 0 unspecified atom stereocenters. The van der Waals surface area contributed by atoms with Crippen molar-refractivity contribution in [3.8, 4) is 67.5 Å². The molecule has 1 N–H and O–H groups in total. The molecule has 0 bridgehead atoms. The number of phenolic OH excluding ortho intramolecular Hbond substituents is 1. The van der Waals surface area contributed by atoms with E-state index in [1.54, 1.807) is 0 Å². The topological polar surface area (TPSA) is 64.1 Å². The van der Waals surface area contributed by atoms with E-state index in [1.807, 2.05) is 24.4 Å². The minimum atomic E-state index is -0.346. The van der Waals surface area contributed by atoms with Crippen molar-refractivity contribution >= 4 is 33.0 Å². The predicted molar refractivity (Wildman–Crippen MR) is 298 cm³/mol. The van der Waals surface area contributed by atoms with Crippen molar-refractivity contribution in [3.05, 3.63) is 180 Å². The molecule has 7 aromatic carbocycles. The number of hydrogen-bond donors (Lipinski definition) is 1. The van der Waals surface area contributed by atoms with Crippen molar-refractivity contribution in [2.75, 3.05) is 0 Å². The van der Waals surface area contributed by atoms with Gasteiger partial charge in [0, 0.05) is 49.3 Å². The van der Waals surface area contributed by atoms with Crippen LogP contribution in [0.1, 0.15) is 130 Å². The van der Waals surface area contributed by atoms with E-state index in [1.165, 1.54) is 16.7 Å². The van der Waals surface area contributed by atoms with Crippen LogP contribution in [-0.4, -0.2) is 19.6 Å². The van der Waals surface area contributed by atoms with Crippen LogP contribution < -0.4 is 0 Å². The van der Waals surface area contributed by atoms with Crippen molar-refractivity contribution < 1.29 is 30.6 Å². The summed E-state index contributed by atoms with van der Waals surface area (Å²) in [5.74, 6) is 1.21. The molecule has 5 nitrogen and oxygen atoms in total. The first-order chi connectivity index (χ1) is 33.7. The summed E-state index contributed by atoms with van der Waals surface area (Å²) in [6.07, 6.45) is 1.90. The maximum Gasteiger partial charge on any atom is 0.148 e. The summed E-state index contributed by atoms with van der Waals surface area (Å²) >= 11 is 0. The summed E-state index contributed by atoms with van der Waals surface area (Å²) in [6, 6.07) is 53.6. The molecule has 0 atom stereocenters. The van der Waals surface area contributed by atoms with Crippen LogP contribution in [0.2, 0.25) is 0 Å². The Morgan fingerprint density at radius 1 is 0.542 bits per heavy atom. The van der Waals surface area contributed by atoms with Gasteiger partial charge in [0.2, 0.25) is 0 Å². The van der Waals surface area contributed by atoms with Crippen molar-refractivity contribution in [2.24, 2.45) is 0 Å². The smallest absolute Gasteiger partial charge is 0.148 e. The summed E-state index contributed by atoms with van der Waals surface area (Å²) < 4.78 is 8.80. The molecular formula is C66H66N3O2Pt-. The van der Waals surface area contributed by atoms with Crippen LogP contribution in [0.15, 0.2) is 150 Å². The molecule has 368 valence electrons. The van der Waals surface area contributed by atoms with Gasteiger partial charge in [-0.2, -0.15) is 0 Å². The number of phenols is 1. The number of para-hydroxylation sites is 2. The Labute approximate surface area is 440 Å². The zero-order chi connectivity index (χ0) is 50.3. The van der Waals surface area contributed by atoms with Gasteiger partial charge >= 0.3 is 0 Å². The fraction of sp³-hybridized carbons (Fsp3) is 0.273. The van der Waals surface area contributed by atoms with Gasteiger partial charge in [0.05, 0.1) is 22.3 Å². The zero-order valence-corrected chi connectivity index (χ0v) is 46.3. The number of rotatable bonds is 8. The SMILES string of the molecule is CC(C)c1cc(-c2ccc3c(c2)oc2ccccc23)cc(C(C)C)c1-n1c(-c2cc(C(C)(C)C)cc(C(C)(C)C)c2O)nc2c(-c3[c-]c(-c4cc(-c5ccccc5)ccn4)cc(C(C)(C)C)c3)cccc21.[Pt]. The Kier molecular flexibility index (Phi) is 13.2. The van der Waals surface area contributed by atoms with Crippen LogP contribution in [0.25, 0.3) is 94.7 Å². The van der Waals surface area contributed by atoms with E-state index >= 15 is 0 Å². The van der Waals surface area contributed by atoms with Gasteiger partial charge in [-0.3, -0.25) is 9.55 Å². The average Bonchev–Trinajstić information content (AvgIpc) is 3.91. The number of fused-ring (bicyclic) bond motifs is 4. The first kappa shape index (κ1) is 50.4. The van der Waals surface area contributed by atoms with Crippen LogP contribution in [-0.2, 0) is 37.3 Å². The second-order valence-corrected chi connectivity index (χ2v) is 23.2. The van der Waals surface area contributed by atoms with Gasteiger partial charge < -0.3 is 9.52 Å². The molecule has 0 radical (unpaired) electrons. The van der Waals surface area contributed by atoms with Gasteiger partial charge in [-0.15, -0.1) is 29.3 Å². The van der Waals surface area contributed by atoms with Crippen LogP contribution in [0.4, 0.5) is 0 Å². The number of benzene rings is 7. The molecule has 6 heteroatoms. The van der Waals surface area contributed by atoms with Crippen molar-refractivity contribution in [3.63, 3.8) is 0 Å². The summed E-state index contributed by atoms with van der Waals surface area (Å²) in [5, 5.41) is 15.0. The van der Waals surface area contributed by atoms with Crippen LogP contribution in [0.3, 0.4) is 0 Å². The molecule has 3 heterocycles. The Morgan fingerprint density at radius 2 is 1.17 bits per heavy atom. The molecule has 3 aromatic heterocycles. The van der Waals surface area contributed by atoms with E-state index in [-0.39, 0.29) is 54.9 Å². The molecular weight excluding hydrogens is 1060 g/mol.